The van der Waals surface area contributed by atoms with E-state index in [-0.39, 0.29) is 5.91 Å². The number of methoxy groups -OCH3 is 1. The van der Waals surface area contributed by atoms with E-state index in [1.54, 1.807) is 7.11 Å². The third-order valence-corrected chi connectivity index (χ3v) is 6.01. The topological polar surface area (TPSA) is 41.6 Å². The number of nitrogens with one attached hydrogen (secondary N) is 1. The number of carbonyl (C=O) groups is 1. The van der Waals surface area contributed by atoms with Crippen molar-refractivity contribution in [1.82, 2.24) is 10.2 Å². The van der Waals surface area contributed by atoms with Crippen LogP contribution in [-0.4, -0.2) is 37.0 Å². The summed E-state index contributed by atoms with van der Waals surface area (Å²) in [7, 11) is 1.65. The third kappa shape index (κ3) is 4.16. The van der Waals surface area contributed by atoms with Crippen molar-refractivity contribution in [3.63, 3.8) is 0 Å². The summed E-state index contributed by atoms with van der Waals surface area (Å²) < 4.78 is 5.17. The van der Waals surface area contributed by atoms with Crippen molar-refractivity contribution >= 4 is 5.91 Å². The van der Waals surface area contributed by atoms with Crippen LogP contribution in [0.3, 0.4) is 0 Å². The average molecular weight is 364 g/mol. The van der Waals surface area contributed by atoms with E-state index in [1.807, 2.05) is 30.3 Å². The summed E-state index contributed by atoms with van der Waals surface area (Å²) in [5.74, 6) is 0.820. The number of benzene rings is 2. The zero-order valence-electron chi connectivity index (χ0n) is 16.0. The van der Waals surface area contributed by atoms with Gasteiger partial charge in [0.2, 0.25) is 0 Å². The molecule has 142 valence electrons. The lowest BCUT2D eigenvalue weighted by molar-refractivity contribution is 0.0951. The van der Waals surface area contributed by atoms with Crippen LogP contribution in [0, 0.1) is 0 Å². The number of hydrogen-bond acceptors (Lipinski definition) is 3. The predicted octanol–water partition coefficient (Wildman–Crippen LogP) is 3.58. The molecular weight excluding hydrogens is 336 g/mol. The van der Waals surface area contributed by atoms with Gasteiger partial charge in [-0.25, -0.2) is 0 Å². The van der Waals surface area contributed by atoms with Crippen molar-refractivity contribution in [3.05, 3.63) is 64.7 Å². The molecule has 1 amide bonds. The van der Waals surface area contributed by atoms with Crippen LogP contribution in [0.4, 0.5) is 0 Å². The minimum atomic E-state index is -0.00582. The van der Waals surface area contributed by atoms with Gasteiger partial charge in [0, 0.05) is 31.2 Å². The summed E-state index contributed by atoms with van der Waals surface area (Å²) in [6.07, 6.45) is 6.24. The van der Waals surface area contributed by atoms with E-state index in [2.05, 4.69) is 22.3 Å². The predicted molar refractivity (Wildman–Crippen MR) is 107 cm³/mol. The zero-order valence-corrected chi connectivity index (χ0v) is 16.0. The molecule has 1 aliphatic heterocycles. The van der Waals surface area contributed by atoms with Crippen molar-refractivity contribution in [1.29, 1.82) is 0 Å². The van der Waals surface area contributed by atoms with Crippen LogP contribution < -0.4 is 10.1 Å². The molecule has 1 saturated carbocycles. The zero-order chi connectivity index (χ0) is 18.6. The van der Waals surface area contributed by atoms with Gasteiger partial charge in [-0.05, 0) is 66.6 Å². The van der Waals surface area contributed by atoms with Crippen LogP contribution in [0.25, 0.3) is 0 Å². The first-order valence-corrected chi connectivity index (χ1v) is 10.00. The van der Waals surface area contributed by atoms with E-state index in [0.29, 0.717) is 6.54 Å². The van der Waals surface area contributed by atoms with Crippen LogP contribution in [0.15, 0.2) is 42.5 Å². The van der Waals surface area contributed by atoms with Gasteiger partial charge in [0.1, 0.15) is 5.75 Å². The normalized spacial score (nSPS) is 17.5. The van der Waals surface area contributed by atoms with Gasteiger partial charge in [-0.1, -0.05) is 24.6 Å². The van der Waals surface area contributed by atoms with Crippen molar-refractivity contribution in [3.8, 4) is 5.75 Å². The van der Waals surface area contributed by atoms with E-state index in [0.717, 1.165) is 48.8 Å². The molecule has 4 rings (SSSR count). The van der Waals surface area contributed by atoms with Crippen molar-refractivity contribution in [2.45, 2.75) is 44.7 Å². The summed E-state index contributed by atoms with van der Waals surface area (Å²) in [6, 6.07) is 14.8. The summed E-state index contributed by atoms with van der Waals surface area (Å²) in [5.41, 5.74) is 4.58. The molecule has 27 heavy (non-hydrogen) atoms. The molecule has 1 aliphatic carbocycles. The van der Waals surface area contributed by atoms with Crippen molar-refractivity contribution in [2.75, 3.05) is 20.2 Å². The molecule has 2 aliphatic rings. The molecule has 2 aromatic rings. The van der Waals surface area contributed by atoms with Gasteiger partial charge in [-0.2, -0.15) is 0 Å². The number of carbonyl (C=O) groups excluding carboxylic acids is 1. The van der Waals surface area contributed by atoms with E-state index in [4.69, 9.17) is 4.74 Å². The van der Waals surface area contributed by atoms with Crippen LogP contribution in [-0.2, 0) is 19.4 Å². The maximum Gasteiger partial charge on any atom is 0.251 e. The fourth-order valence-corrected chi connectivity index (χ4v) is 4.03. The lowest BCUT2D eigenvalue weighted by Gasteiger charge is -2.36. The standard InChI is InChI=1S/C23H28N2O2/c1-27-22-9-5-17(6-10-22)16-24-23(26)20-8-7-18-11-13-25(21-3-2-4-21)14-12-19(18)15-20/h5-10,15,21H,2-4,11-14,16H2,1H3,(H,24,26). The number of amides is 1. The molecule has 0 saturated heterocycles. The molecule has 1 heterocycles. The second-order valence-corrected chi connectivity index (χ2v) is 7.63. The Balaban J connectivity index is 1.37. The van der Waals surface area contributed by atoms with E-state index < -0.39 is 0 Å². The van der Waals surface area contributed by atoms with Gasteiger partial charge >= 0.3 is 0 Å². The fraction of sp³-hybridized carbons (Fsp3) is 0.435. The Morgan fingerprint density at radius 3 is 2.48 bits per heavy atom. The highest BCUT2D eigenvalue weighted by Gasteiger charge is 2.26. The highest BCUT2D eigenvalue weighted by molar-refractivity contribution is 5.94. The van der Waals surface area contributed by atoms with Gasteiger partial charge in [-0.3, -0.25) is 9.69 Å². The lowest BCUT2D eigenvalue weighted by Crippen LogP contribution is -2.41. The van der Waals surface area contributed by atoms with Crippen LogP contribution in [0.1, 0.15) is 46.3 Å². The summed E-state index contributed by atoms with van der Waals surface area (Å²) in [5, 5.41) is 3.03. The largest absolute Gasteiger partial charge is 0.497 e. The molecule has 4 nitrogen and oxygen atoms in total. The van der Waals surface area contributed by atoms with Crippen LogP contribution in [0.2, 0.25) is 0 Å². The molecule has 0 bridgehead atoms. The molecule has 0 atom stereocenters. The fourth-order valence-electron chi connectivity index (χ4n) is 4.03. The van der Waals surface area contributed by atoms with Crippen LogP contribution >= 0.6 is 0 Å². The molecule has 0 spiro atoms. The number of hydrogen-bond donors (Lipinski definition) is 1. The smallest absolute Gasteiger partial charge is 0.251 e. The van der Waals surface area contributed by atoms with Crippen molar-refractivity contribution in [2.24, 2.45) is 0 Å². The first-order valence-electron chi connectivity index (χ1n) is 10.00. The minimum absolute atomic E-state index is 0.00582. The van der Waals surface area contributed by atoms with Crippen LogP contribution in [0.5, 0.6) is 5.75 Å². The SMILES string of the molecule is COc1ccc(CNC(=O)c2ccc3c(c2)CCN(C2CCC2)CC3)cc1. The molecule has 4 heteroatoms. The minimum Gasteiger partial charge on any atom is -0.497 e. The molecule has 2 aromatic carbocycles. The highest BCUT2D eigenvalue weighted by atomic mass is 16.5. The van der Waals surface area contributed by atoms with Crippen molar-refractivity contribution < 1.29 is 9.53 Å². The maximum atomic E-state index is 12.6. The second kappa shape index (κ2) is 8.13. The summed E-state index contributed by atoms with van der Waals surface area (Å²) in [6.45, 7) is 2.80. The van der Waals surface area contributed by atoms with Gasteiger partial charge in [0.15, 0.2) is 0 Å². The Labute approximate surface area is 161 Å². The van der Waals surface area contributed by atoms with Gasteiger partial charge in [0.05, 0.1) is 7.11 Å². The molecule has 1 fully saturated rings. The molecular formula is C23H28N2O2. The van der Waals surface area contributed by atoms with Gasteiger partial charge < -0.3 is 10.1 Å². The lowest BCUT2D eigenvalue weighted by atomic mass is 9.91. The first-order chi connectivity index (χ1) is 13.2. The first kappa shape index (κ1) is 18.1. The summed E-state index contributed by atoms with van der Waals surface area (Å²) in [4.78, 5) is 15.2. The quantitative estimate of drug-likeness (QED) is 0.882. The molecule has 0 unspecified atom stereocenters. The average Bonchev–Trinajstić information content (AvgIpc) is 2.87. The Kier molecular flexibility index (Phi) is 5.44. The molecule has 0 aromatic heterocycles. The maximum absolute atomic E-state index is 12.6. The summed E-state index contributed by atoms with van der Waals surface area (Å²) >= 11 is 0. The number of rotatable bonds is 5. The van der Waals surface area contributed by atoms with Gasteiger partial charge in [0.25, 0.3) is 5.91 Å². The second-order valence-electron chi connectivity index (χ2n) is 7.63. The van der Waals surface area contributed by atoms with Gasteiger partial charge in [-0.15, -0.1) is 0 Å². The van der Waals surface area contributed by atoms with E-state index in [1.165, 1.54) is 30.4 Å². The van der Waals surface area contributed by atoms with E-state index in [9.17, 15) is 4.79 Å². The Hall–Kier alpha value is -2.33. The molecule has 1 N–H and O–H groups in total. The highest BCUT2D eigenvalue weighted by Crippen LogP contribution is 2.27. The molecule has 0 radical (unpaired) electrons. The Bertz CT molecular complexity index is 797. The number of fused-ring (bicyclic) bond motifs is 1. The number of ether oxygens (including phenoxy) is 1. The number of nitrogens with zero attached hydrogens (tertiary/aromatic N) is 1. The monoisotopic (exact) mass is 364 g/mol. The Morgan fingerprint density at radius 1 is 1.07 bits per heavy atom. The van der Waals surface area contributed by atoms with E-state index >= 15 is 0 Å². The third-order valence-electron chi connectivity index (χ3n) is 6.01. The Morgan fingerprint density at radius 2 is 1.81 bits per heavy atom.